The molecule has 0 aliphatic carbocycles. The number of H-pyrrole nitrogens is 1. The van der Waals surface area contributed by atoms with Crippen molar-refractivity contribution in [3.63, 3.8) is 0 Å². The van der Waals surface area contributed by atoms with Gasteiger partial charge in [-0.25, -0.2) is 4.85 Å². The smallest absolute Gasteiger partial charge is 0.200 e. The van der Waals surface area contributed by atoms with Gasteiger partial charge in [0.25, 0.3) is 0 Å². The summed E-state index contributed by atoms with van der Waals surface area (Å²) in [4.78, 5) is 3.86. The van der Waals surface area contributed by atoms with Crippen molar-refractivity contribution in [2.45, 2.75) is 5.92 Å². The number of nitriles is 1. The van der Waals surface area contributed by atoms with Crippen molar-refractivity contribution in [3.05, 3.63) is 98.6 Å². The number of rotatable bonds is 2. The van der Waals surface area contributed by atoms with Gasteiger partial charge < -0.3 is 5.32 Å². The molecule has 0 fully saturated rings. The molecule has 0 spiro atoms. The van der Waals surface area contributed by atoms with Crippen LogP contribution in [0.15, 0.2) is 64.9 Å². The number of anilines is 1. The number of benzene rings is 2. The monoisotopic (exact) mass is 401 g/mol. The van der Waals surface area contributed by atoms with Gasteiger partial charge in [-0.05, 0) is 33.1 Å². The lowest BCUT2D eigenvalue weighted by Gasteiger charge is -2.27. The van der Waals surface area contributed by atoms with Crippen LogP contribution in [0.4, 0.5) is 5.82 Å². The van der Waals surface area contributed by atoms with Gasteiger partial charge in [-0.1, -0.05) is 42.5 Å². The highest BCUT2D eigenvalue weighted by Crippen LogP contribution is 2.46. The fraction of sp³-hybridized carbons (Fsp3) is 0.0500. The number of nitrogens with zero attached hydrogens (tertiary/aromatic N) is 3. The van der Waals surface area contributed by atoms with Crippen molar-refractivity contribution < 1.29 is 0 Å². The van der Waals surface area contributed by atoms with Gasteiger partial charge in [0.2, 0.25) is 5.70 Å². The van der Waals surface area contributed by atoms with Crippen molar-refractivity contribution in [3.8, 4) is 6.07 Å². The molecule has 124 valence electrons. The van der Waals surface area contributed by atoms with E-state index < -0.39 is 0 Å². The zero-order valence-corrected chi connectivity index (χ0v) is 15.1. The van der Waals surface area contributed by atoms with Gasteiger partial charge >= 0.3 is 0 Å². The second kappa shape index (κ2) is 6.51. The average Bonchev–Trinajstić information content (AvgIpc) is 3.16. The standard InChI is InChI=1S/C20H12BrN5/c1-23-19-16(14-9-5-8-13(10-22)17(14)21)15-11-24-26-20(15)25-18(19)12-6-3-2-4-7-12/h2-9,11,16H,(H2,24,25,26). The summed E-state index contributed by atoms with van der Waals surface area (Å²) in [6.45, 7) is 7.84. The molecule has 26 heavy (non-hydrogen) atoms. The van der Waals surface area contributed by atoms with E-state index in [9.17, 15) is 5.26 Å². The van der Waals surface area contributed by atoms with Crippen LogP contribution in [-0.2, 0) is 0 Å². The minimum atomic E-state index is -0.319. The van der Waals surface area contributed by atoms with Crippen molar-refractivity contribution in [1.82, 2.24) is 10.2 Å². The Labute approximate surface area is 158 Å². The highest BCUT2D eigenvalue weighted by atomic mass is 79.9. The zero-order chi connectivity index (χ0) is 18.1. The van der Waals surface area contributed by atoms with Crippen LogP contribution in [0, 0.1) is 17.9 Å². The molecule has 3 aromatic rings. The van der Waals surface area contributed by atoms with Crippen LogP contribution >= 0.6 is 15.9 Å². The maximum absolute atomic E-state index is 9.37. The molecular weight excluding hydrogens is 390 g/mol. The molecule has 4 rings (SSSR count). The van der Waals surface area contributed by atoms with E-state index in [4.69, 9.17) is 6.57 Å². The highest BCUT2D eigenvalue weighted by Gasteiger charge is 2.33. The molecule has 1 atom stereocenters. The molecular formula is C20H12BrN5. The normalized spacial score (nSPS) is 15.6. The zero-order valence-electron chi connectivity index (χ0n) is 13.5. The average molecular weight is 402 g/mol. The number of fused-ring (bicyclic) bond motifs is 1. The van der Waals surface area contributed by atoms with Gasteiger partial charge in [-0.3, -0.25) is 5.10 Å². The lowest BCUT2D eigenvalue weighted by molar-refractivity contribution is 0.957. The number of aromatic nitrogens is 2. The van der Waals surface area contributed by atoms with E-state index in [1.165, 1.54) is 0 Å². The summed E-state index contributed by atoms with van der Waals surface area (Å²) in [5.74, 6) is 0.441. The topological polar surface area (TPSA) is 68.9 Å². The Bertz CT molecular complexity index is 1100. The molecule has 0 amide bonds. The molecule has 0 saturated carbocycles. The van der Waals surface area contributed by atoms with Crippen LogP contribution in [0.25, 0.3) is 10.5 Å². The maximum atomic E-state index is 9.37. The number of allylic oxidation sites excluding steroid dienone is 1. The molecule has 2 aromatic carbocycles. The Hall–Kier alpha value is -3.35. The van der Waals surface area contributed by atoms with Crippen molar-refractivity contribution in [2.75, 3.05) is 5.32 Å². The van der Waals surface area contributed by atoms with E-state index in [2.05, 4.69) is 42.4 Å². The lowest BCUT2D eigenvalue weighted by atomic mass is 9.85. The first-order valence-corrected chi connectivity index (χ1v) is 8.69. The van der Waals surface area contributed by atoms with Gasteiger partial charge in [0, 0.05) is 15.7 Å². The summed E-state index contributed by atoms with van der Waals surface area (Å²) in [5, 5.41) is 19.8. The first-order chi connectivity index (χ1) is 12.7. The highest BCUT2D eigenvalue weighted by molar-refractivity contribution is 9.10. The van der Waals surface area contributed by atoms with E-state index in [-0.39, 0.29) is 5.92 Å². The van der Waals surface area contributed by atoms with Crippen LogP contribution in [-0.4, -0.2) is 10.2 Å². The van der Waals surface area contributed by atoms with Crippen LogP contribution in [0.5, 0.6) is 0 Å². The fourth-order valence-electron chi connectivity index (χ4n) is 3.21. The first kappa shape index (κ1) is 16.1. The third kappa shape index (κ3) is 2.48. The molecule has 0 bridgehead atoms. The van der Waals surface area contributed by atoms with Crippen molar-refractivity contribution in [2.24, 2.45) is 0 Å². The summed E-state index contributed by atoms with van der Waals surface area (Å²) in [6, 6.07) is 17.5. The van der Waals surface area contributed by atoms with E-state index in [0.29, 0.717) is 15.7 Å². The molecule has 1 aliphatic rings. The number of hydrogen-bond acceptors (Lipinski definition) is 3. The number of aromatic amines is 1. The number of hydrogen-bond donors (Lipinski definition) is 2. The third-order valence-electron chi connectivity index (χ3n) is 4.40. The predicted molar refractivity (Wildman–Crippen MR) is 103 cm³/mol. The van der Waals surface area contributed by atoms with E-state index in [1.54, 1.807) is 12.3 Å². The van der Waals surface area contributed by atoms with Crippen LogP contribution in [0.2, 0.25) is 0 Å². The van der Waals surface area contributed by atoms with Gasteiger partial charge in [0.05, 0.1) is 24.3 Å². The second-order valence-electron chi connectivity index (χ2n) is 5.82. The predicted octanol–water partition coefficient (Wildman–Crippen LogP) is 4.89. The van der Waals surface area contributed by atoms with Gasteiger partial charge in [0.15, 0.2) is 0 Å². The Morgan fingerprint density at radius 3 is 2.65 bits per heavy atom. The maximum Gasteiger partial charge on any atom is 0.200 e. The van der Waals surface area contributed by atoms with Crippen LogP contribution in [0.1, 0.15) is 28.2 Å². The summed E-state index contributed by atoms with van der Waals surface area (Å²) in [7, 11) is 0. The molecule has 0 saturated heterocycles. The van der Waals surface area contributed by atoms with Gasteiger partial charge in [-0.15, -0.1) is 0 Å². The van der Waals surface area contributed by atoms with Crippen molar-refractivity contribution >= 4 is 27.4 Å². The molecule has 0 radical (unpaired) electrons. The largest absolute Gasteiger partial charge is 0.349 e. The first-order valence-electron chi connectivity index (χ1n) is 7.90. The lowest BCUT2D eigenvalue weighted by Crippen LogP contribution is -2.16. The van der Waals surface area contributed by atoms with E-state index >= 15 is 0 Å². The Kier molecular flexibility index (Phi) is 4.04. The second-order valence-corrected chi connectivity index (χ2v) is 6.61. The number of nitrogens with one attached hydrogen (secondary N) is 2. The fourth-order valence-corrected chi connectivity index (χ4v) is 3.80. The molecule has 2 N–H and O–H groups in total. The third-order valence-corrected chi connectivity index (χ3v) is 5.29. The summed E-state index contributed by atoms with van der Waals surface area (Å²) in [6.07, 6.45) is 1.73. The summed E-state index contributed by atoms with van der Waals surface area (Å²) in [5.41, 5.74) is 4.53. The van der Waals surface area contributed by atoms with E-state index in [0.717, 1.165) is 28.2 Å². The Balaban J connectivity index is 2.00. The minimum absolute atomic E-state index is 0.319. The summed E-state index contributed by atoms with van der Waals surface area (Å²) >= 11 is 3.55. The quantitative estimate of drug-likeness (QED) is 0.600. The molecule has 5 nitrogen and oxygen atoms in total. The minimum Gasteiger partial charge on any atom is -0.349 e. The van der Waals surface area contributed by atoms with Gasteiger partial charge in [-0.2, -0.15) is 10.4 Å². The molecule has 2 heterocycles. The van der Waals surface area contributed by atoms with E-state index in [1.807, 2.05) is 42.5 Å². The Morgan fingerprint density at radius 2 is 1.92 bits per heavy atom. The summed E-state index contributed by atoms with van der Waals surface area (Å²) < 4.78 is 0.704. The molecule has 1 aromatic heterocycles. The molecule has 1 unspecified atom stereocenters. The van der Waals surface area contributed by atoms with Crippen molar-refractivity contribution in [1.29, 1.82) is 5.26 Å². The van der Waals surface area contributed by atoms with Gasteiger partial charge in [0.1, 0.15) is 11.9 Å². The van der Waals surface area contributed by atoms with Crippen LogP contribution < -0.4 is 5.32 Å². The van der Waals surface area contributed by atoms with Crippen LogP contribution in [0.3, 0.4) is 0 Å². The molecule has 6 heteroatoms. The SMILES string of the molecule is [C-]#[N+]C1=C(c2ccccc2)Nc2[nH]ncc2C1c1cccc(C#N)c1Br. The molecule has 1 aliphatic heterocycles. The Morgan fingerprint density at radius 1 is 1.12 bits per heavy atom. The number of halogens is 1.